The van der Waals surface area contributed by atoms with Gasteiger partial charge in [-0.15, -0.1) is 0 Å². The lowest BCUT2D eigenvalue weighted by Gasteiger charge is -2.22. The van der Waals surface area contributed by atoms with E-state index in [2.05, 4.69) is 5.32 Å². The van der Waals surface area contributed by atoms with Crippen molar-refractivity contribution >= 4 is 11.7 Å². The maximum atomic E-state index is 12.2. The highest BCUT2D eigenvalue weighted by molar-refractivity contribution is 5.89. The average Bonchev–Trinajstić information content (AvgIpc) is 2.47. The molecule has 0 aliphatic carbocycles. The summed E-state index contributed by atoms with van der Waals surface area (Å²) in [7, 11) is 1.56. The Morgan fingerprint density at radius 3 is 2.90 bits per heavy atom. The number of nitriles is 1. The third kappa shape index (κ3) is 5.81. The normalized spacial score (nSPS) is 11.5. The second-order valence-electron chi connectivity index (χ2n) is 4.62. The van der Waals surface area contributed by atoms with Gasteiger partial charge in [0.25, 0.3) is 0 Å². The van der Waals surface area contributed by atoms with Gasteiger partial charge in [0.2, 0.25) is 0 Å². The molecule has 21 heavy (non-hydrogen) atoms. The van der Waals surface area contributed by atoms with Crippen LogP contribution in [0.25, 0.3) is 0 Å². The van der Waals surface area contributed by atoms with Crippen molar-refractivity contribution < 1.29 is 14.6 Å². The second-order valence-corrected chi connectivity index (χ2v) is 4.62. The van der Waals surface area contributed by atoms with Crippen LogP contribution in [-0.4, -0.2) is 42.8 Å². The fraction of sp³-hybridized carbons (Fsp3) is 0.467. The molecule has 0 fully saturated rings. The van der Waals surface area contributed by atoms with Crippen LogP contribution in [0.15, 0.2) is 24.3 Å². The Hall–Kier alpha value is -2.10. The molecule has 6 heteroatoms. The zero-order valence-corrected chi connectivity index (χ0v) is 12.4. The summed E-state index contributed by atoms with van der Waals surface area (Å²) < 4.78 is 4.97. The minimum Gasteiger partial charge on any atom is -0.389 e. The standard InChI is InChI=1S/C15H21N3O3/c1-12(19)13-5-3-6-14(11-13)17-15(20)18(8-4-7-16)9-10-21-2/h3,5-6,11-12,19H,4,8-10H2,1-2H3,(H,17,20). The Morgan fingerprint density at radius 1 is 1.52 bits per heavy atom. The molecule has 1 unspecified atom stereocenters. The van der Waals surface area contributed by atoms with Crippen LogP contribution in [0.2, 0.25) is 0 Å². The third-order valence-corrected chi connectivity index (χ3v) is 2.97. The van der Waals surface area contributed by atoms with Crippen LogP contribution in [-0.2, 0) is 4.74 Å². The summed E-state index contributed by atoms with van der Waals surface area (Å²) in [6.07, 6.45) is -0.324. The molecule has 0 spiro atoms. The van der Waals surface area contributed by atoms with Crippen LogP contribution in [0.3, 0.4) is 0 Å². The van der Waals surface area contributed by atoms with E-state index in [-0.39, 0.29) is 12.5 Å². The van der Waals surface area contributed by atoms with Crippen molar-refractivity contribution in [3.05, 3.63) is 29.8 Å². The van der Waals surface area contributed by atoms with E-state index in [1.54, 1.807) is 38.3 Å². The molecule has 0 aliphatic heterocycles. The van der Waals surface area contributed by atoms with Crippen LogP contribution < -0.4 is 5.32 Å². The number of anilines is 1. The van der Waals surface area contributed by atoms with E-state index < -0.39 is 6.10 Å². The number of rotatable bonds is 7. The van der Waals surface area contributed by atoms with E-state index in [1.807, 2.05) is 6.07 Å². The highest BCUT2D eigenvalue weighted by Gasteiger charge is 2.13. The van der Waals surface area contributed by atoms with E-state index >= 15 is 0 Å². The number of amides is 2. The smallest absolute Gasteiger partial charge is 0.321 e. The van der Waals surface area contributed by atoms with Gasteiger partial charge in [-0.25, -0.2) is 4.79 Å². The van der Waals surface area contributed by atoms with Crippen LogP contribution in [0.5, 0.6) is 0 Å². The molecule has 0 heterocycles. The minimum atomic E-state index is -0.593. The summed E-state index contributed by atoms with van der Waals surface area (Å²) in [5.41, 5.74) is 1.34. The number of hydrogen-bond acceptors (Lipinski definition) is 4. The highest BCUT2D eigenvalue weighted by Crippen LogP contribution is 2.17. The van der Waals surface area contributed by atoms with Crippen molar-refractivity contribution in [1.82, 2.24) is 4.90 Å². The number of ether oxygens (including phenoxy) is 1. The van der Waals surface area contributed by atoms with Gasteiger partial charge in [-0.1, -0.05) is 12.1 Å². The van der Waals surface area contributed by atoms with Gasteiger partial charge in [-0.3, -0.25) is 0 Å². The number of urea groups is 1. The number of carbonyl (C=O) groups excluding carboxylic acids is 1. The molecule has 0 saturated heterocycles. The summed E-state index contributed by atoms with van der Waals surface area (Å²) in [6, 6.07) is 8.77. The number of aliphatic hydroxyl groups excluding tert-OH is 1. The third-order valence-electron chi connectivity index (χ3n) is 2.97. The maximum absolute atomic E-state index is 12.2. The molecule has 0 aromatic heterocycles. The predicted octanol–water partition coefficient (Wildman–Crippen LogP) is 2.13. The molecule has 1 rings (SSSR count). The van der Waals surface area contributed by atoms with Crippen molar-refractivity contribution in [1.29, 1.82) is 5.26 Å². The van der Waals surface area contributed by atoms with E-state index in [9.17, 15) is 9.90 Å². The van der Waals surface area contributed by atoms with Crippen LogP contribution in [0.1, 0.15) is 25.0 Å². The van der Waals surface area contributed by atoms with Crippen molar-refractivity contribution in [3.8, 4) is 6.07 Å². The van der Waals surface area contributed by atoms with Gasteiger partial charge in [0.1, 0.15) is 0 Å². The number of nitrogens with zero attached hydrogens (tertiary/aromatic N) is 2. The number of methoxy groups -OCH3 is 1. The summed E-state index contributed by atoms with van der Waals surface area (Å²) in [5.74, 6) is 0. The number of hydrogen-bond donors (Lipinski definition) is 2. The fourth-order valence-corrected chi connectivity index (χ4v) is 1.78. The highest BCUT2D eigenvalue weighted by atomic mass is 16.5. The quantitative estimate of drug-likeness (QED) is 0.806. The summed E-state index contributed by atoms with van der Waals surface area (Å²) >= 11 is 0. The Balaban J connectivity index is 2.71. The number of benzene rings is 1. The molecule has 114 valence electrons. The van der Waals surface area contributed by atoms with Gasteiger partial charge < -0.3 is 20.1 Å². The molecule has 2 amide bonds. The van der Waals surface area contributed by atoms with Crippen molar-refractivity contribution in [3.63, 3.8) is 0 Å². The first-order chi connectivity index (χ1) is 10.1. The van der Waals surface area contributed by atoms with E-state index in [0.717, 1.165) is 5.56 Å². The minimum absolute atomic E-state index is 0.269. The lowest BCUT2D eigenvalue weighted by Crippen LogP contribution is -2.38. The molecule has 2 N–H and O–H groups in total. The monoisotopic (exact) mass is 291 g/mol. The summed E-state index contributed by atoms with van der Waals surface area (Å²) in [4.78, 5) is 13.7. The van der Waals surface area contributed by atoms with Crippen molar-refractivity contribution in [2.75, 3.05) is 32.1 Å². The SMILES string of the molecule is COCCN(CCC#N)C(=O)Nc1cccc(C(C)O)c1. The first kappa shape index (κ1) is 17.0. The van der Waals surface area contributed by atoms with Gasteiger partial charge in [0.15, 0.2) is 0 Å². The lowest BCUT2D eigenvalue weighted by molar-refractivity contribution is 0.156. The molecule has 0 bridgehead atoms. The van der Waals surface area contributed by atoms with Gasteiger partial charge in [0, 0.05) is 25.9 Å². The van der Waals surface area contributed by atoms with E-state index in [1.165, 1.54) is 4.90 Å². The predicted molar refractivity (Wildman–Crippen MR) is 79.8 cm³/mol. The maximum Gasteiger partial charge on any atom is 0.321 e. The zero-order chi connectivity index (χ0) is 15.7. The van der Waals surface area contributed by atoms with Gasteiger partial charge in [-0.05, 0) is 24.6 Å². The first-order valence-electron chi connectivity index (χ1n) is 6.78. The second kappa shape index (κ2) is 8.95. The molecule has 1 aromatic carbocycles. The lowest BCUT2D eigenvalue weighted by atomic mass is 10.1. The topological polar surface area (TPSA) is 85.6 Å². The Labute approximate surface area is 124 Å². The van der Waals surface area contributed by atoms with E-state index in [4.69, 9.17) is 10.00 Å². The van der Waals surface area contributed by atoms with Crippen molar-refractivity contribution in [2.24, 2.45) is 0 Å². The Kier molecular flexibility index (Phi) is 7.23. The molecule has 6 nitrogen and oxygen atoms in total. The Bertz CT molecular complexity index is 497. The van der Waals surface area contributed by atoms with Crippen LogP contribution in [0.4, 0.5) is 10.5 Å². The summed E-state index contributed by atoms with van der Waals surface area (Å²) in [5, 5.41) is 21.0. The number of nitrogens with one attached hydrogen (secondary N) is 1. The Morgan fingerprint density at radius 2 is 2.29 bits per heavy atom. The molecule has 0 aliphatic rings. The van der Waals surface area contributed by atoms with Crippen molar-refractivity contribution in [2.45, 2.75) is 19.4 Å². The van der Waals surface area contributed by atoms with Crippen LogP contribution in [0, 0.1) is 11.3 Å². The number of aliphatic hydroxyl groups is 1. The molecule has 0 saturated carbocycles. The van der Waals surface area contributed by atoms with Gasteiger partial charge in [0.05, 0.1) is 25.2 Å². The summed E-state index contributed by atoms with van der Waals surface area (Å²) in [6.45, 7) is 2.84. The molecular formula is C15H21N3O3. The fourth-order valence-electron chi connectivity index (χ4n) is 1.78. The number of carbonyl (C=O) groups is 1. The molecular weight excluding hydrogens is 270 g/mol. The first-order valence-corrected chi connectivity index (χ1v) is 6.78. The van der Waals surface area contributed by atoms with Crippen LogP contribution >= 0.6 is 0 Å². The zero-order valence-electron chi connectivity index (χ0n) is 12.4. The van der Waals surface area contributed by atoms with Gasteiger partial charge in [-0.2, -0.15) is 5.26 Å². The average molecular weight is 291 g/mol. The van der Waals surface area contributed by atoms with E-state index in [0.29, 0.717) is 25.4 Å². The largest absolute Gasteiger partial charge is 0.389 e. The van der Waals surface area contributed by atoms with Gasteiger partial charge >= 0.3 is 6.03 Å². The molecule has 0 radical (unpaired) electrons. The molecule has 1 aromatic rings. The molecule has 1 atom stereocenters.